The van der Waals surface area contributed by atoms with Gasteiger partial charge in [-0.1, -0.05) is 6.58 Å². The second kappa shape index (κ2) is 4.24. The fourth-order valence-corrected chi connectivity index (χ4v) is 1.96. The molecule has 0 unspecified atom stereocenters. The Balaban J connectivity index is 2.45. The van der Waals surface area contributed by atoms with Gasteiger partial charge in [-0.15, -0.1) is 0 Å². The minimum absolute atomic E-state index is 0.0129. The molecule has 0 radical (unpaired) electrons. The van der Waals surface area contributed by atoms with Gasteiger partial charge < -0.3 is 9.47 Å². The largest absolute Gasteiger partial charge is 0.493 e. The Hall–Kier alpha value is -1.77. The molecule has 0 fully saturated rings. The number of carbonyl (C=O) groups is 1. The van der Waals surface area contributed by atoms with Crippen LogP contribution in [0.4, 0.5) is 0 Å². The van der Waals surface area contributed by atoms with Crippen LogP contribution < -0.4 is 9.47 Å². The summed E-state index contributed by atoms with van der Waals surface area (Å²) < 4.78 is 11.1. The third-order valence-corrected chi connectivity index (χ3v) is 2.97. The predicted octanol–water partition coefficient (Wildman–Crippen LogP) is 2.78. The molecule has 1 atom stereocenters. The number of benzene rings is 1. The summed E-state index contributed by atoms with van der Waals surface area (Å²) in [5, 5.41) is 0. The van der Waals surface area contributed by atoms with Crippen LogP contribution in [0.2, 0.25) is 0 Å². The second-order valence-corrected chi connectivity index (χ2v) is 4.38. The smallest absolute Gasteiger partial charge is 0.165 e. The summed E-state index contributed by atoms with van der Waals surface area (Å²) in [5.74, 6) is 1.40. The van der Waals surface area contributed by atoms with Crippen LogP contribution in [0.15, 0.2) is 24.3 Å². The highest BCUT2D eigenvalue weighted by Gasteiger charge is 2.27. The highest BCUT2D eigenvalue weighted by atomic mass is 16.5. The van der Waals surface area contributed by atoms with Crippen molar-refractivity contribution in [2.45, 2.75) is 26.4 Å². The summed E-state index contributed by atoms with van der Waals surface area (Å²) in [5.41, 5.74) is 2.65. The van der Waals surface area contributed by atoms with Gasteiger partial charge in [0.1, 0.15) is 6.10 Å². The van der Waals surface area contributed by atoms with E-state index in [4.69, 9.17) is 9.47 Å². The van der Waals surface area contributed by atoms with Gasteiger partial charge in [0, 0.05) is 17.5 Å². The number of carbonyl (C=O) groups excluding carboxylic acids is 1. The molecule has 90 valence electrons. The highest BCUT2D eigenvalue weighted by Crippen LogP contribution is 2.40. The number of ether oxygens (including phenoxy) is 2. The third-order valence-electron chi connectivity index (χ3n) is 2.97. The third kappa shape index (κ3) is 2.05. The normalized spacial score (nSPS) is 17.2. The van der Waals surface area contributed by atoms with Crippen molar-refractivity contribution in [2.75, 3.05) is 7.11 Å². The average molecular weight is 232 g/mol. The first kappa shape index (κ1) is 11.7. The molecule has 1 aromatic carbocycles. The van der Waals surface area contributed by atoms with E-state index in [0.717, 1.165) is 23.3 Å². The van der Waals surface area contributed by atoms with Crippen molar-refractivity contribution < 1.29 is 14.3 Å². The molecule has 1 aliphatic rings. The summed E-state index contributed by atoms with van der Waals surface area (Å²) in [6.45, 7) is 7.39. The van der Waals surface area contributed by atoms with E-state index in [1.165, 1.54) is 0 Å². The van der Waals surface area contributed by atoms with Gasteiger partial charge in [0.2, 0.25) is 0 Å². The van der Waals surface area contributed by atoms with E-state index in [9.17, 15) is 4.79 Å². The number of Topliss-reactive ketones (excluding diaryl/α,β-unsaturated/α-hetero) is 1. The monoisotopic (exact) mass is 232 g/mol. The van der Waals surface area contributed by atoms with Gasteiger partial charge >= 0.3 is 0 Å². The molecule has 3 heteroatoms. The van der Waals surface area contributed by atoms with Crippen LogP contribution in [-0.4, -0.2) is 19.0 Å². The zero-order chi connectivity index (χ0) is 12.6. The Morgan fingerprint density at radius 2 is 2.18 bits per heavy atom. The van der Waals surface area contributed by atoms with E-state index >= 15 is 0 Å². The number of hydrogen-bond donors (Lipinski definition) is 0. The van der Waals surface area contributed by atoms with E-state index in [0.29, 0.717) is 11.3 Å². The van der Waals surface area contributed by atoms with Crippen LogP contribution in [-0.2, 0) is 6.42 Å². The zero-order valence-electron chi connectivity index (χ0n) is 10.4. The van der Waals surface area contributed by atoms with Crippen molar-refractivity contribution in [3.05, 3.63) is 35.4 Å². The van der Waals surface area contributed by atoms with E-state index in [1.807, 2.05) is 13.0 Å². The lowest BCUT2D eigenvalue weighted by Gasteiger charge is -2.11. The van der Waals surface area contributed by atoms with Crippen molar-refractivity contribution in [3.8, 4) is 11.5 Å². The summed E-state index contributed by atoms with van der Waals surface area (Å²) in [4.78, 5) is 11.4. The number of rotatable bonds is 3. The maximum atomic E-state index is 11.4. The molecular formula is C14H16O3. The first-order chi connectivity index (χ1) is 8.02. The second-order valence-electron chi connectivity index (χ2n) is 4.38. The average Bonchev–Trinajstić information content (AvgIpc) is 2.71. The Bertz CT molecular complexity index is 488. The molecular weight excluding hydrogens is 216 g/mol. The minimum Gasteiger partial charge on any atom is -0.493 e. The van der Waals surface area contributed by atoms with E-state index < -0.39 is 0 Å². The predicted molar refractivity (Wildman–Crippen MR) is 65.9 cm³/mol. The Morgan fingerprint density at radius 3 is 2.71 bits per heavy atom. The summed E-state index contributed by atoms with van der Waals surface area (Å²) >= 11 is 0. The molecule has 0 saturated heterocycles. The number of fused-ring (bicyclic) bond motifs is 1. The summed E-state index contributed by atoms with van der Waals surface area (Å²) in [6, 6.07) is 3.60. The fourth-order valence-electron chi connectivity index (χ4n) is 1.96. The Morgan fingerprint density at radius 1 is 1.47 bits per heavy atom. The SMILES string of the molecule is C=C(C)[C@H]1Cc2cc(C(C)=O)cc(OC)c2O1. The summed E-state index contributed by atoms with van der Waals surface area (Å²) in [7, 11) is 1.58. The molecule has 0 N–H and O–H groups in total. The van der Waals surface area contributed by atoms with Gasteiger partial charge in [0.15, 0.2) is 17.3 Å². The number of hydrogen-bond acceptors (Lipinski definition) is 3. The quantitative estimate of drug-likeness (QED) is 0.593. The Kier molecular flexibility index (Phi) is 2.92. The zero-order valence-corrected chi connectivity index (χ0v) is 10.4. The molecule has 0 spiro atoms. The lowest BCUT2D eigenvalue weighted by atomic mass is 10.0. The van der Waals surface area contributed by atoms with E-state index in [1.54, 1.807) is 20.1 Å². The van der Waals surface area contributed by atoms with Crippen molar-refractivity contribution in [1.82, 2.24) is 0 Å². The van der Waals surface area contributed by atoms with E-state index in [-0.39, 0.29) is 11.9 Å². The number of methoxy groups -OCH3 is 1. The molecule has 0 bridgehead atoms. The molecule has 0 aromatic heterocycles. The molecule has 0 amide bonds. The van der Waals surface area contributed by atoms with Gasteiger partial charge in [-0.2, -0.15) is 0 Å². The first-order valence-electron chi connectivity index (χ1n) is 5.57. The van der Waals surface area contributed by atoms with Crippen LogP contribution in [0.3, 0.4) is 0 Å². The molecule has 0 saturated carbocycles. The van der Waals surface area contributed by atoms with Crippen molar-refractivity contribution in [2.24, 2.45) is 0 Å². The standard InChI is InChI=1S/C14H16O3/c1-8(2)12-7-11-5-10(9(3)15)6-13(16-4)14(11)17-12/h5-6,12H,1,7H2,2-4H3/t12-/m1/s1. The van der Waals surface area contributed by atoms with Gasteiger partial charge in [-0.25, -0.2) is 0 Å². The van der Waals surface area contributed by atoms with Crippen molar-refractivity contribution in [1.29, 1.82) is 0 Å². The van der Waals surface area contributed by atoms with Gasteiger partial charge in [0.05, 0.1) is 7.11 Å². The Labute approximate surface area is 101 Å². The molecule has 3 nitrogen and oxygen atoms in total. The maximum absolute atomic E-state index is 11.4. The molecule has 0 aliphatic carbocycles. The van der Waals surface area contributed by atoms with Gasteiger partial charge in [0.25, 0.3) is 0 Å². The fraction of sp³-hybridized carbons (Fsp3) is 0.357. The first-order valence-corrected chi connectivity index (χ1v) is 5.57. The molecule has 1 aliphatic heterocycles. The van der Waals surface area contributed by atoms with Crippen LogP contribution >= 0.6 is 0 Å². The number of ketones is 1. The minimum atomic E-state index is -0.0129. The van der Waals surface area contributed by atoms with Crippen molar-refractivity contribution in [3.63, 3.8) is 0 Å². The lowest BCUT2D eigenvalue weighted by molar-refractivity contribution is 0.101. The maximum Gasteiger partial charge on any atom is 0.165 e. The van der Waals surface area contributed by atoms with Gasteiger partial charge in [-0.05, 0) is 31.6 Å². The van der Waals surface area contributed by atoms with E-state index in [2.05, 4.69) is 6.58 Å². The highest BCUT2D eigenvalue weighted by molar-refractivity contribution is 5.95. The molecule has 2 rings (SSSR count). The molecule has 1 heterocycles. The molecule has 1 aromatic rings. The summed E-state index contributed by atoms with van der Waals surface area (Å²) in [6.07, 6.45) is 0.739. The van der Waals surface area contributed by atoms with Crippen LogP contribution in [0, 0.1) is 0 Å². The van der Waals surface area contributed by atoms with Crippen LogP contribution in [0.1, 0.15) is 29.8 Å². The van der Waals surface area contributed by atoms with Gasteiger partial charge in [-0.3, -0.25) is 4.79 Å². The molecule has 17 heavy (non-hydrogen) atoms. The topological polar surface area (TPSA) is 35.5 Å². The van der Waals surface area contributed by atoms with Crippen LogP contribution in [0.25, 0.3) is 0 Å². The van der Waals surface area contributed by atoms with Crippen molar-refractivity contribution >= 4 is 5.78 Å². The van der Waals surface area contributed by atoms with Crippen LogP contribution in [0.5, 0.6) is 11.5 Å². The lowest BCUT2D eigenvalue weighted by Crippen LogP contribution is -2.13.